The first-order chi connectivity index (χ1) is 25.0. The molecule has 4 heterocycles. The molecule has 3 fully saturated rings. The van der Waals surface area contributed by atoms with Gasteiger partial charge in [-0.2, -0.15) is 0 Å². The Hall–Kier alpha value is -3.71. The number of phenols is 3. The number of hydrogen-bond acceptors (Lipinski definition) is 20. The van der Waals surface area contributed by atoms with Crippen LogP contribution in [0.1, 0.15) is 30.3 Å². The Kier molecular flexibility index (Phi) is 10.9. The third kappa shape index (κ3) is 6.59. The zero-order valence-electron chi connectivity index (χ0n) is 27.6. The van der Waals surface area contributed by atoms with Crippen LogP contribution in [0, 0.1) is 0 Å². The largest absolute Gasteiger partial charge is 0.506 e. The molecule has 0 radical (unpaired) electrons. The number of ether oxygens (including phenoxy) is 4. The molecule has 3 aliphatic heterocycles. The van der Waals surface area contributed by atoms with Crippen molar-refractivity contribution in [3.63, 3.8) is 0 Å². The predicted molar refractivity (Wildman–Crippen MR) is 171 cm³/mol. The normalized spacial score (nSPS) is 37.8. The summed E-state index contributed by atoms with van der Waals surface area (Å²) in [5.41, 5.74) is -3.21. The molecule has 3 saturated heterocycles. The van der Waals surface area contributed by atoms with Crippen LogP contribution in [0.4, 0.5) is 0 Å². The van der Waals surface area contributed by atoms with Crippen LogP contribution in [-0.2, 0) is 14.2 Å². The van der Waals surface area contributed by atoms with Gasteiger partial charge in [0.1, 0.15) is 102 Å². The van der Waals surface area contributed by atoms with Crippen LogP contribution in [0.25, 0.3) is 22.3 Å². The van der Waals surface area contributed by atoms with Gasteiger partial charge >= 0.3 is 0 Å². The molecule has 0 saturated carbocycles. The molecule has 0 bridgehead atoms. The Morgan fingerprint density at radius 3 is 1.74 bits per heavy atom. The van der Waals surface area contributed by atoms with Gasteiger partial charge in [0.05, 0.1) is 30.4 Å². The van der Waals surface area contributed by atoms with Crippen molar-refractivity contribution >= 4 is 11.0 Å². The Balaban J connectivity index is 1.72. The summed E-state index contributed by atoms with van der Waals surface area (Å²) in [5, 5.41) is 148. The van der Waals surface area contributed by atoms with Crippen LogP contribution in [0.5, 0.6) is 23.0 Å². The summed E-state index contributed by atoms with van der Waals surface area (Å²) in [5.74, 6) is -3.46. The molecule has 6 rings (SSSR count). The molecule has 53 heavy (non-hydrogen) atoms. The summed E-state index contributed by atoms with van der Waals surface area (Å²) in [7, 11) is 0. The van der Waals surface area contributed by atoms with Gasteiger partial charge in [0, 0.05) is 11.6 Å². The highest BCUT2D eigenvalue weighted by molar-refractivity contribution is 5.92. The van der Waals surface area contributed by atoms with Crippen molar-refractivity contribution in [2.45, 2.75) is 98.7 Å². The van der Waals surface area contributed by atoms with E-state index in [1.807, 2.05) is 0 Å². The Bertz CT molecular complexity index is 1860. The van der Waals surface area contributed by atoms with Gasteiger partial charge < -0.3 is 94.9 Å². The van der Waals surface area contributed by atoms with E-state index in [4.69, 9.17) is 23.4 Å². The van der Waals surface area contributed by atoms with Crippen molar-refractivity contribution < 1.29 is 94.9 Å². The lowest BCUT2D eigenvalue weighted by Crippen LogP contribution is -2.58. The number of benzene rings is 2. The molecular formula is C33H40O20. The van der Waals surface area contributed by atoms with Crippen molar-refractivity contribution in [2.75, 3.05) is 13.2 Å². The molecule has 3 aliphatic rings. The second-order valence-electron chi connectivity index (χ2n) is 13.2. The number of aromatic hydroxyl groups is 3. The van der Waals surface area contributed by atoms with Gasteiger partial charge in [-0.1, -0.05) is 0 Å². The highest BCUT2D eigenvalue weighted by Gasteiger charge is 2.52. The molecule has 2 aromatic carbocycles. The summed E-state index contributed by atoms with van der Waals surface area (Å²) in [6.07, 6.45) is -28.6. The Morgan fingerprint density at radius 1 is 0.642 bits per heavy atom. The molecule has 3 aromatic rings. The van der Waals surface area contributed by atoms with Gasteiger partial charge in [-0.3, -0.25) is 4.79 Å². The lowest BCUT2D eigenvalue weighted by atomic mass is 9.85. The minimum Gasteiger partial charge on any atom is -0.506 e. The molecular weight excluding hydrogens is 716 g/mol. The number of hydrogen-bond donors (Lipinski definition) is 14. The minimum atomic E-state index is -2.18. The number of rotatable bonds is 7. The summed E-state index contributed by atoms with van der Waals surface area (Å²) in [6, 6.07) is 4.14. The molecule has 20 heteroatoms. The number of aliphatic hydroxyl groups excluding tert-OH is 11. The molecule has 0 spiro atoms. The van der Waals surface area contributed by atoms with Crippen LogP contribution in [0.3, 0.4) is 0 Å². The Labute approximate surface area is 297 Å². The molecule has 15 atom stereocenters. The van der Waals surface area contributed by atoms with Crippen molar-refractivity contribution in [1.82, 2.24) is 0 Å². The first-order valence-corrected chi connectivity index (χ1v) is 16.4. The zero-order valence-corrected chi connectivity index (χ0v) is 27.6. The zero-order chi connectivity index (χ0) is 38.8. The number of phenolic OH excluding ortho intramolecular Hbond substituents is 3. The van der Waals surface area contributed by atoms with Crippen LogP contribution >= 0.6 is 0 Å². The first kappa shape index (κ1) is 39.0. The van der Waals surface area contributed by atoms with Gasteiger partial charge in [-0.25, -0.2) is 0 Å². The quantitative estimate of drug-likeness (QED) is 0.102. The highest BCUT2D eigenvalue weighted by atomic mass is 16.7. The summed E-state index contributed by atoms with van der Waals surface area (Å²) in [4.78, 5) is 14.0. The van der Waals surface area contributed by atoms with Crippen molar-refractivity contribution in [2.24, 2.45) is 0 Å². The van der Waals surface area contributed by atoms with E-state index >= 15 is 0 Å². The lowest BCUT2D eigenvalue weighted by molar-refractivity contribution is -0.270. The van der Waals surface area contributed by atoms with Crippen LogP contribution in [0.2, 0.25) is 0 Å². The lowest BCUT2D eigenvalue weighted by Gasteiger charge is -2.44. The third-order valence-electron chi connectivity index (χ3n) is 9.83. The van der Waals surface area contributed by atoms with E-state index in [0.717, 1.165) is 18.2 Å². The fraction of sp³-hybridized carbons (Fsp3) is 0.545. The molecule has 1 aromatic heterocycles. The van der Waals surface area contributed by atoms with Gasteiger partial charge in [0.15, 0.2) is 22.5 Å². The standard InChI is InChI=1S/C33H40O20/c1-8-19(39)23(43)28(48)33(49-8)53-30-17(31-26(46)24(44)20(40)14(6-34)51-31)22(42)16-12(38)5-13(9-2-3-10(36)11(37)4-9)50-29(16)18(30)32-27(47)25(45)21(41)15(7-35)52-32/h2-5,8,14-15,19-21,23-28,31-37,39-48H,6-7H2,1H3/t8-,14+,15+,19-,20+,21+,23+,24-,25-,26+,27+,28+,31-,32-,33-/m0/s1. The molecule has 292 valence electrons. The Morgan fingerprint density at radius 2 is 1.19 bits per heavy atom. The van der Waals surface area contributed by atoms with Crippen molar-refractivity contribution in [3.8, 4) is 34.3 Å². The van der Waals surface area contributed by atoms with E-state index in [1.54, 1.807) is 0 Å². The second kappa shape index (κ2) is 14.8. The van der Waals surface area contributed by atoms with Crippen LogP contribution in [-0.4, -0.2) is 164 Å². The minimum absolute atomic E-state index is 0.0315. The maximum atomic E-state index is 14.0. The van der Waals surface area contributed by atoms with Crippen LogP contribution < -0.4 is 10.2 Å². The molecule has 0 unspecified atom stereocenters. The molecule has 0 aliphatic carbocycles. The average molecular weight is 757 g/mol. The average Bonchev–Trinajstić information content (AvgIpc) is 3.13. The fourth-order valence-corrected chi connectivity index (χ4v) is 6.77. The highest BCUT2D eigenvalue weighted by Crippen LogP contribution is 2.52. The monoisotopic (exact) mass is 756 g/mol. The van der Waals surface area contributed by atoms with Gasteiger partial charge in [-0.15, -0.1) is 0 Å². The van der Waals surface area contributed by atoms with Gasteiger partial charge in [-0.05, 0) is 25.1 Å². The van der Waals surface area contributed by atoms with E-state index in [1.165, 1.54) is 13.0 Å². The predicted octanol–water partition coefficient (Wildman–Crippen LogP) is -4.19. The van der Waals surface area contributed by atoms with E-state index < -0.39 is 155 Å². The van der Waals surface area contributed by atoms with E-state index in [9.17, 15) is 76.3 Å². The smallest absolute Gasteiger partial charge is 0.229 e. The van der Waals surface area contributed by atoms with Gasteiger partial charge in [0.2, 0.25) is 6.29 Å². The van der Waals surface area contributed by atoms with E-state index in [-0.39, 0.29) is 11.3 Å². The fourth-order valence-electron chi connectivity index (χ4n) is 6.77. The van der Waals surface area contributed by atoms with E-state index in [2.05, 4.69) is 0 Å². The molecule has 14 N–H and O–H groups in total. The summed E-state index contributed by atoms with van der Waals surface area (Å²) < 4.78 is 29.3. The van der Waals surface area contributed by atoms with Crippen LogP contribution in [0.15, 0.2) is 33.5 Å². The second-order valence-corrected chi connectivity index (χ2v) is 13.2. The van der Waals surface area contributed by atoms with Crippen molar-refractivity contribution in [3.05, 3.63) is 45.6 Å². The SMILES string of the molecule is C[C@@H]1O[C@@H](Oc2c([C@@H]3O[C@H](CO)[C@@H](O)[C@H](O)[C@H]3O)c(O)c3c(=O)cc(-c4ccc(O)c(O)c4)oc3c2[C@@H]2O[C@H](CO)[C@@H](O)[C@H](O)[C@H]2O)[C@H](O)[C@H](O)[C@H]1O. The summed E-state index contributed by atoms with van der Waals surface area (Å²) in [6.45, 7) is -0.618. The molecule has 20 nitrogen and oxygen atoms in total. The molecule has 0 amide bonds. The van der Waals surface area contributed by atoms with Gasteiger partial charge in [0.25, 0.3) is 0 Å². The maximum absolute atomic E-state index is 14.0. The first-order valence-electron chi connectivity index (χ1n) is 16.4. The summed E-state index contributed by atoms with van der Waals surface area (Å²) >= 11 is 0. The number of aliphatic hydroxyl groups is 11. The number of fused-ring (bicyclic) bond motifs is 1. The maximum Gasteiger partial charge on any atom is 0.229 e. The van der Waals surface area contributed by atoms with E-state index in [0.29, 0.717) is 0 Å². The van der Waals surface area contributed by atoms with Crippen molar-refractivity contribution in [1.29, 1.82) is 0 Å². The third-order valence-corrected chi connectivity index (χ3v) is 9.83. The topological polar surface area (TPSA) is 350 Å².